The molecule has 0 spiro atoms. The molecule has 0 atom stereocenters. The lowest BCUT2D eigenvalue weighted by molar-refractivity contribution is 0.117. The molecule has 1 saturated carbocycles. The molecule has 3 rings (SSSR count). The van der Waals surface area contributed by atoms with Crippen LogP contribution in [0.5, 0.6) is 0 Å². The number of rotatable bonds is 4. The van der Waals surface area contributed by atoms with Gasteiger partial charge in [0.25, 0.3) is 0 Å². The number of nitrogens with zero attached hydrogens (tertiary/aromatic N) is 2. The predicted octanol–water partition coefficient (Wildman–Crippen LogP) is 2.40. The molecular weight excluding hydrogens is 316 g/mol. The Labute approximate surface area is 148 Å². The van der Waals surface area contributed by atoms with Crippen LogP contribution >= 0.6 is 0 Å². The SMILES string of the molecule is CN(C)c1cc(CNC(=O)NC2CCC(O)CC2)c2ccccc2n1. The van der Waals surface area contributed by atoms with E-state index in [4.69, 9.17) is 0 Å². The van der Waals surface area contributed by atoms with Crippen LogP contribution in [0.3, 0.4) is 0 Å². The smallest absolute Gasteiger partial charge is 0.315 e. The quantitative estimate of drug-likeness (QED) is 0.797. The number of urea groups is 1. The van der Waals surface area contributed by atoms with Crippen molar-refractivity contribution < 1.29 is 9.90 Å². The molecule has 134 valence electrons. The summed E-state index contributed by atoms with van der Waals surface area (Å²) in [6.45, 7) is 0.449. The number of aromatic nitrogens is 1. The van der Waals surface area contributed by atoms with E-state index < -0.39 is 0 Å². The lowest BCUT2D eigenvalue weighted by Gasteiger charge is -2.26. The van der Waals surface area contributed by atoms with Crippen LogP contribution in [0.1, 0.15) is 31.2 Å². The largest absolute Gasteiger partial charge is 0.393 e. The molecule has 0 saturated heterocycles. The average Bonchev–Trinajstić information content (AvgIpc) is 2.61. The number of hydrogen-bond acceptors (Lipinski definition) is 4. The minimum Gasteiger partial charge on any atom is -0.393 e. The van der Waals surface area contributed by atoms with Gasteiger partial charge in [-0.15, -0.1) is 0 Å². The number of carbonyl (C=O) groups is 1. The molecule has 1 aromatic carbocycles. The maximum Gasteiger partial charge on any atom is 0.315 e. The van der Waals surface area contributed by atoms with Gasteiger partial charge in [-0.25, -0.2) is 9.78 Å². The maximum absolute atomic E-state index is 12.2. The topological polar surface area (TPSA) is 77.5 Å². The molecule has 0 aliphatic heterocycles. The summed E-state index contributed by atoms with van der Waals surface area (Å²) in [5.74, 6) is 0.872. The second kappa shape index (κ2) is 7.70. The Balaban J connectivity index is 1.67. The van der Waals surface area contributed by atoms with E-state index in [9.17, 15) is 9.90 Å². The van der Waals surface area contributed by atoms with E-state index in [1.165, 1.54) is 0 Å². The van der Waals surface area contributed by atoms with Crippen molar-refractivity contribution in [3.8, 4) is 0 Å². The molecule has 2 amide bonds. The van der Waals surface area contributed by atoms with Crippen LogP contribution in [0.4, 0.5) is 10.6 Å². The van der Waals surface area contributed by atoms with Gasteiger partial charge in [-0.05, 0) is 43.4 Å². The minimum absolute atomic E-state index is 0.148. The van der Waals surface area contributed by atoms with Crippen LogP contribution in [0.2, 0.25) is 0 Å². The number of amides is 2. The van der Waals surface area contributed by atoms with Crippen LogP contribution in [0.15, 0.2) is 30.3 Å². The molecule has 1 heterocycles. The van der Waals surface area contributed by atoms with Crippen LogP contribution in [-0.2, 0) is 6.54 Å². The molecule has 2 aromatic rings. The van der Waals surface area contributed by atoms with Gasteiger partial charge >= 0.3 is 6.03 Å². The van der Waals surface area contributed by atoms with E-state index in [1.54, 1.807) is 0 Å². The summed E-state index contributed by atoms with van der Waals surface area (Å²) in [7, 11) is 3.91. The summed E-state index contributed by atoms with van der Waals surface area (Å²) in [4.78, 5) is 18.8. The number of aliphatic hydroxyl groups excluding tert-OH is 1. The van der Waals surface area contributed by atoms with Crippen molar-refractivity contribution in [3.05, 3.63) is 35.9 Å². The molecule has 25 heavy (non-hydrogen) atoms. The van der Waals surface area contributed by atoms with Gasteiger partial charge in [0.15, 0.2) is 0 Å². The highest BCUT2D eigenvalue weighted by Gasteiger charge is 2.20. The number of hydrogen-bond donors (Lipinski definition) is 3. The summed E-state index contributed by atoms with van der Waals surface area (Å²) < 4.78 is 0. The van der Waals surface area contributed by atoms with Gasteiger partial charge in [-0.1, -0.05) is 18.2 Å². The molecular formula is C19H26N4O2. The number of pyridine rings is 1. The number of benzene rings is 1. The van der Waals surface area contributed by atoms with Crippen LogP contribution in [0, 0.1) is 0 Å². The second-order valence-electron chi connectivity index (χ2n) is 6.88. The number of para-hydroxylation sites is 1. The highest BCUT2D eigenvalue weighted by Crippen LogP contribution is 2.22. The second-order valence-corrected chi connectivity index (χ2v) is 6.88. The van der Waals surface area contributed by atoms with E-state index in [2.05, 4.69) is 15.6 Å². The van der Waals surface area contributed by atoms with E-state index in [0.29, 0.717) is 6.54 Å². The van der Waals surface area contributed by atoms with Crippen LogP contribution < -0.4 is 15.5 Å². The van der Waals surface area contributed by atoms with Gasteiger partial charge in [0.05, 0.1) is 11.6 Å². The number of anilines is 1. The zero-order chi connectivity index (χ0) is 17.8. The van der Waals surface area contributed by atoms with Crippen LogP contribution in [0.25, 0.3) is 10.9 Å². The molecule has 1 aromatic heterocycles. The third kappa shape index (κ3) is 4.39. The van der Waals surface area contributed by atoms with E-state index >= 15 is 0 Å². The molecule has 0 radical (unpaired) electrons. The highest BCUT2D eigenvalue weighted by atomic mass is 16.3. The minimum atomic E-state index is -0.214. The van der Waals surface area contributed by atoms with Crippen molar-refractivity contribution in [1.82, 2.24) is 15.6 Å². The number of fused-ring (bicyclic) bond motifs is 1. The first-order valence-corrected chi connectivity index (χ1v) is 8.81. The Kier molecular flexibility index (Phi) is 5.38. The third-order valence-corrected chi connectivity index (χ3v) is 4.72. The number of nitrogens with one attached hydrogen (secondary N) is 2. The molecule has 0 unspecified atom stereocenters. The maximum atomic E-state index is 12.2. The third-order valence-electron chi connectivity index (χ3n) is 4.72. The fourth-order valence-electron chi connectivity index (χ4n) is 3.24. The van der Waals surface area contributed by atoms with Gasteiger partial charge in [0, 0.05) is 32.1 Å². The number of carbonyl (C=O) groups excluding carboxylic acids is 1. The van der Waals surface area contributed by atoms with Crippen molar-refractivity contribution in [1.29, 1.82) is 0 Å². The zero-order valence-electron chi connectivity index (χ0n) is 14.8. The lowest BCUT2D eigenvalue weighted by Crippen LogP contribution is -2.43. The van der Waals surface area contributed by atoms with E-state index in [-0.39, 0.29) is 18.2 Å². The van der Waals surface area contributed by atoms with Crippen molar-refractivity contribution >= 4 is 22.8 Å². The molecule has 6 nitrogen and oxygen atoms in total. The fourth-order valence-corrected chi connectivity index (χ4v) is 3.24. The summed E-state index contributed by atoms with van der Waals surface area (Å²) in [5.41, 5.74) is 1.97. The Hall–Kier alpha value is -2.34. The normalized spacial score (nSPS) is 20.3. The first-order chi connectivity index (χ1) is 12.0. The van der Waals surface area contributed by atoms with E-state index in [1.807, 2.05) is 49.3 Å². The van der Waals surface area contributed by atoms with Crippen molar-refractivity contribution in [2.45, 2.75) is 44.4 Å². The molecule has 1 aliphatic rings. The predicted molar refractivity (Wildman–Crippen MR) is 99.7 cm³/mol. The van der Waals surface area contributed by atoms with Gasteiger partial charge in [0.1, 0.15) is 5.82 Å². The fraction of sp³-hybridized carbons (Fsp3) is 0.474. The van der Waals surface area contributed by atoms with Crippen molar-refractivity contribution in [2.24, 2.45) is 0 Å². The highest BCUT2D eigenvalue weighted by molar-refractivity contribution is 5.84. The Morgan fingerprint density at radius 1 is 1.24 bits per heavy atom. The molecule has 6 heteroatoms. The first-order valence-electron chi connectivity index (χ1n) is 8.81. The summed E-state index contributed by atoms with van der Waals surface area (Å²) >= 11 is 0. The zero-order valence-corrected chi connectivity index (χ0v) is 14.8. The average molecular weight is 342 g/mol. The van der Waals surface area contributed by atoms with Crippen molar-refractivity contribution in [2.75, 3.05) is 19.0 Å². The van der Waals surface area contributed by atoms with Gasteiger partial charge in [-0.3, -0.25) is 0 Å². The Morgan fingerprint density at radius 3 is 2.68 bits per heavy atom. The summed E-state index contributed by atoms with van der Waals surface area (Å²) in [5, 5.41) is 16.6. The Morgan fingerprint density at radius 2 is 1.96 bits per heavy atom. The van der Waals surface area contributed by atoms with Crippen LogP contribution in [-0.4, -0.2) is 42.4 Å². The monoisotopic (exact) mass is 342 g/mol. The molecule has 0 bridgehead atoms. The van der Waals surface area contributed by atoms with Crippen molar-refractivity contribution in [3.63, 3.8) is 0 Å². The van der Waals surface area contributed by atoms with E-state index in [0.717, 1.165) is 48.0 Å². The lowest BCUT2D eigenvalue weighted by atomic mass is 9.93. The standard InChI is InChI=1S/C19H26N4O2/c1-23(2)18-11-13(16-5-3-4-6-17(16)22-18)12-20-19(25)21-14-7-9-15(24)10-8-14/h3-6,11,14-15,24H,7-10,12H2,1-2H3,(H2,20,21,25). The number of aliphatic hydroxyl groups is 1. The van der Waals surface area contributed by atoms with Gasteiger partial charge < -0.3 is 20.6 Å². The first kappa shape index (κ1) is 17.5. The molecule has 1 fully saturated rings. The molecule has 3 N–H and O–H groups in total. The van der Waals surface area contributed by atoms with Gasteiger partial charge in [-0.2, -0.15) is 0 Å². The molecule has 1 aliphatic carbocycles. The summed E-state index contributed by atoms with van der Waals surface area (Å²) in [6, 6.07) is 9.97. The Bertz CT molecular complexity index is 739. The van der Waals surface area contributed by atoms with Gasteiger partial charge in [0.2, 0.25) is 0 Å². The summed E-state index contributed by atoms with van der Waals surface area (Å²) in [6.07, 6.45) is 2.96.